The first-order valence-corrected chi connectivity index (χ1v) is 7.09. The normalized spacial score (nSPS) is 12.2. The summed E-state index contributed by atoms with van der Waals surface area (Å²) in [4.78, 5) is 8.67. The van der Waals surface area contributed by atoms with E-state index < -0.39 is 0 Å². The molecular weight excluding hydrogens is 260 g/mol. The maximum absolute atomic E-state index is 5.88. The van der Waals surface area contributed by atoms with E-state index in [0.29, 0.717) is 5.69 Å². The van der Waals surface area contributed by atoms with Gasteiger partial charge in [-0.15, -0.1) is 0 Å². The van der Waals surface area contributed by atoms with Gasteiger partial charge in [0.1, 0.15) is 12.1 Å². The van der Waals surface area contributed by atoms with E-state index in [-0.39, 0.29) is 6.04 Å². The maximum atomic E-state index is 5.88. The van der Waals surface area contributed by atoms with E-state index in [4.69, 9.17) is 5.73 Å². The van der Waals surface area contributed by atoms with Crippen molar-refractivity contribution in [2.75, 3.05) is 11.1 Å². The fourth-order valence-corrected chi connectivity index (χ4v) is 2.46. The van der Waals surface area contributed by atoms with Gasteiger partial charge in [0, 0.05) is 11.1 Å². The molecule has 0 aliphatic carbocycles. The Morgan fingerprint density at radius 2 is 1.90 bits per heavy atom. The van der Waals surface area contributed by atoms with Gasteiger partial charge in [-0.1, -0.05) is 37.3 Å². The SMILES string of the molecule is CCC(Nc1ncnc2ccc(N)cc12)c1ccccc1. The largest absolute Gasteiger partial charge is 0.399 e. The number of nitrogen functional groups attached to an aromatic ring is 1. The number of nitrogens with one attached hydrogen (secondary N) is 1. The molecule has 3 N–H and O–H groups in total. The molecule has 0 aliphatic rings. The fourth-order valence-electron chi connectivity index (χ4n) is 2.46. The lowest BCUT2D eigenvalue weighted by Gasteiger charge is -2.19. The van der Waals surface area contributed by atoms with Gasteiger partial charge in [-0.2, -0.15) is 0 Å². The third-order valence-electron chi connectivity index (χ3n) is 3.58. The molecule has 3 aromatic rings. The van der Waals surface area contributed by atoms with E-state index in [1.165, 1.54) is 5.56 Å². The van der Waals surface area contributed by atoms with Crippen LogP contribution in [0.2, 0.25) is 0 Å². The summed E-state index contributed by atoms with van der Waals surface area (Å²) < 4.78 is 0. The van der Waals surface area contributed by atoms with Gasteiger partial charge in [0.2, 0.25) is 0 Å². The van der Waals surface area contributed by atoms with E-state index in [1.54, 1.807) is 6.33 Å². The van der Waals surface area contributed by atoms with Crippen LogP contribution in [-0.2, 0) is 0 Å². The first kappa shape index (κ1) is 13.4. The van der Waals surface area contributed by atoms with Crippen LogP contribution in [0, 0.1) is 0 Å². The van der Waals surface area contributed by atoms with Crippen LogP contribution in [-0.4, -0.2) is 9.97 Å². The number of anilines is 2. The molecule has 4 heteroatoms. The van der Waals surface area contributed by atoms with Crippen molar-refractivity contribution in [1.29, 1.82) is 0 Å². The molecule has 1 unspecified atom stereocenters. The number of hydrogen-bond donors (Lipinski definition) is 2. The quantitative estimate of drug-likeness (QED) is 0.713. The zero-order valence-electron chi connectivity index (χ0n) is 12.0. The lowest BCUT2D eigenvalue weighted by molar-refractivity contribution is 0.745. The van der Waals surface area contributed by atoms with Crippen molar-refractivity contribution < 1.29 is 0 Å². The number of aromatic nitrogens is 2. The molecule has 0 spiro atoms. The van der Waals surface area contributed by atoms with Gasteiger partial charge in [-0.05, 0) is 30.2 Å². The van der Waals surface area contributed by atoms with Crippen LogP contribution in [0.4, 0.5) is 11.5 Å². The van der Waals surface area contributed by atoms with Crippen LogP contribution in [0.3, 0.4) is 0 Å². The van der Waals surface area contributed by atoms with Gasteiger partial charge < -0.3 is 11.1 Å². The summed E-state index contributed by atoms with van der Waals surface area (Å²) >= 11 is 0. The molecule has 0 amide bonds. The summed E-state index contributed by atoms with van der Waals surface area (Å²) in [5.74, 6) is 0.822. The van der Waals surface area contributed by atoms with E-state index in [0.717, 1.165) is 23.1 Å². The maximum Gasteiger partial charge on any atom is 0.137 e. The van der Waals surface area contributed by atoms with Gasteiger partial charge in [0.05, 0.1) is 11.6 Å². The van der Waals surface area contributed by atoms with Crippen LogP contribution in [0.5, 0.6) is 0 Å². The summed E-state index contributed by atoms with van der Waals surface area (Å²) in [6, 6.07) is 16.3. The van der Waals surface area contributed by atoms with Crippen LogP contribution in [0.1, 0.15) is 24.9 Å². The predicted molar refractivity (Wildman–Crippen MR) is 87.0 cm³/mol. The van der Waals surface area contributed by atoms with Gasteiger partial charge in [0.15, 0.2) is 0 Å². The molecule has 1 heterocycles. The van der Waals surface area contributed by atoms with E-state index in [9.17, 15) is 0 Å². The first-order valence-electron chi connectivity index (χ1n) is 7.09. The molecule has 0 fully saturated rings. The molecule has 21 heavy (non-hydrogen) atoms. The highest BCUT2D eigenvalue weighted by Crippen LogP contribution is 2.27. The van der Waals surface area contributed by atoms with Gasteiger partial charge >= 0.3 is 0 Å². The van der Waals surface area contributed by atoms with Crippen LogP contribution in [0.15, 0.2) is 54.9 Å². The molecule has 0 saturated heterocycles. The summed E-state index contributed by atoms with van der Waals surface area (Å²) in [7, 11) is 0. The standard InChI is InChI=1S/C17H18N4/c1-2-15(12-6-4-3-5-7-12)21-17-14-10-13(18)8-9-16(14)19-11-20-17/h3-11,15H,2,18H2,1H3,(H,19,20,21). The molecule has 4 nitrogen and oxygen atoms in total. The Kier molecular flexibility index (Phi) is 3.69. The number of hydrogen-bond acceptors (Lipinski definition) is 4. The highest BCUT2D eigenvalue weighted by atomic mass is 15.0. The predicted octanol–water partition coefficient (Wildman–Crippen LogP) is 3.78. The molecule has 0 radical (unpaired) electrons. The van der Waals surface area contributed by atoms with E-state index in [2.05, 4.69) is 46.5 Å². The molecule has 106 valence electrons. The molecular formula is C17H18N4. The number of benzene rings is 2. The zero-order chi connectivity index (χ0) is 14.7. The van der Waals surface area contributed by atoms with Crippen molar-refractivity contribution >= 4 is 22.4 Å². The third-order valence-corrected chi connectivity index (χ3v) is 3.58. The molecule has 2 aromatic carbocycles. The second kappa shape index (κ2) is 5.79. The lowest BCUT2D eigenvalue weighted by atomic mass is 10.0. The van der Waals surface area contributed by atoms with E-state index in [1.807, 2.05) is 24.3 Å². The fraction of sp³-hybridized carbons (Fsp3) is 0.176. The Morgan fingerprint density at radius 3 is 2.67 bits per heavy atom. The Hall–Kier alpha value is -2.62. The minimum Gasteiger partial charge on any atom is -0.399 e. The second-order valence-corrected chi connectivity index (χ2v) is 5.01. The minimum atomic E-state index is 0.214. The highest BCUT2D eigenvalue weighted by molar-refractivity contribution is 5.91. The van der Waals surface area contributed by atoms with Crippen molar-refractivity contribution in [3.05, 3.63) is 60.4 Å². The minimum absolute atomic E-state index is 0.214. The monoisotopic (exact) mass is 278 g/mol. The van der Waals surface area contributed by atoms with E-state index >= 15 is 0 Å². The first-order chi connectivity index (χ1) is 10.3. The topological polar surface area (TPSA) is 63.8 Å². The molecule has 1 atom stereocenters. The Bertz CT molecular complexity index is 740. The summed E-state index contributed by atoms with van der Waals surface area (Å²) in [5.41, 5.74) is 8.74. The number of rotatable bonds is 4. The highest BCUT2D eigenvalue weighted by Gasteiger charge is 2.11. The van der Waals surface area contributed by atoms with Gasteiger partial charge in [0.25, 0.3) is 0 Å². The van der Waals surface area contributed by atoms with Crippen LogP contribution >= 0.6 is 0 Å². The zero-order valence-corrected chi connectivity index (χ0v) is 12.0. The van der Waals surface area contributed by atoms with Crippen LogP contribution < -0.4 is 11.1 Å². The van der Waals surface area contributed by atoms with Crippen molar-refractivity contribution in [2.45, 2.75) is 19.4 Å². The number of nitrogens with two attached hydrogens (primary N) is 1. The Labute approximate surface area is 124 Å². The Morgan fingerprint density at radius 1 is 1.10 bits per heavy atom. The summed E-state index contributed by atoms with van der Waals surface area (Å²) in [5, 5.41) is 4.46. The second-order valence-electron chi connectivity index (χ2n) is 5.01. The average Bonchev–Trinajstić information content (AvgIpc) is 2.53. The summed E-state index contributed by atoms with van der Waals surface area (Å²) in [6.07, 6.45) is 2.55. The van der Waals surface area contributed by atoms with Crippen molar-refractivity contribution in [2.24, 2.45) is 0 Å². The third kappa shape index (κ3) is 2.79. The Balaban J connectivity index is 1.99. The smallest absolute Gasteiger partial charge is 0.137 e. The van der Waals surface area contributed by atoms with Crippen molar-refractivity contribution in [3.63, 3.8) is 0 Å². The van der Waals surface area contributed by atoms with Crippen LogP contribution in [0.25, 0.3) is 10.9 Å². The molecule has 1 aromatic heterocycles. The van der Waals surface area contributed by atoms with Crippen molar-refractivity contribution in [1.82, 2.24) is 9.97 Å². The number of nitrogens with zero attached hydrogens (tertiary/aromatic N) is 2. The van der Waals surface area contributed by atoms with Gasteiger partial charge in [-0.25, -0.2) is 9.97 Å². The number of fused-ring (bicyclic) bond motifs is 1. The molecule has 0 bridgehead atoms. The van der Waals surface area contributed by atoms with Crippen molar-refractivity contribution in [3.8, 4) is 0 Å². The lowest BCUT2D eigenvalue weighted by Crippen LogP contribution is -2.11. The summed E-state index contributed by atoms with van der Waals surface area (Å²) in [6.45, 7) is 2.16. The van der Waals surface area contributed by atoms with Gasteiger partial charge in [-0.3, -0.25) is 0 Å². The molecule has 3 rings (SSSR count). The molecule has 0 aliphatic heterocycles. The molecule has 0 saturated carbocycles. The average molecular weight is 278 g/mol.